The average molecular weight is 457 g/mol. The first-order chi connectivity index (χ1) is 13.8. The fourth-order valence-corrected chi connectivity index (χ4v) is 5.30. The van der Waals surface area contributed by atoms with E-state index in [2.05, 4.69) is 54.2 Å². The minimum Gasteiger partial charge on any atom is -0.344 e. The van der Waals surface area contributed by atoms with E-state index in [0.29, 0.717) is 12.0 Å². The van der Waals surface area contributed by atoms with Gasteiger partial charge in [0.2, 0.25) is 0 Å². The van der Waals surface area contributed by atoms with Crippen LogP contribution in [0.4, 0.5) is 0 Å². The lowest BCUT2D eigenvalue weighted by atomic mass is 9.80. The monoisotopic (exact) mass is 455 g/mol. The van der Waals surface area contributed by atoms with E-state index in [4.69, 9.17) is 5.73 Å². The smallest absolute Gasteiger partial charge is 0.0485 e. The Morgan fingerprint density at radius 1 is 1.03 bits per heavy atom. The molecule has 1 aromatic carbocycles. The normalized spacial score (nSPS) is 15.7. The first kappa shape index (κ1) is 27.3. The second-order valence-electron chi connectivity index (χ2n) is 8.66. The van der Waals surface area contributed by atoms with Crippen molar-refractivity contribution in [3.05, 3.63) is 36.0 Å². The molecule has 1 saturated carbocycles. The first-order valence-corrected chi connectivity index (χ1v) is 11.8. The van der Waals surface area contributed by atoms with Gasteiger partial charge in [-0.05, 0) is 68.8 Å². The van der Waals surface area contributed by atoms with Gasteiger partial charge >= 0.3 is 0 Å². The molecule has 0 aliphatic heterocycles. The molecular weight excluding hydrogens is 413 g/mol. The molecule has 3 nitrogen and oxygen atoms in total. The molecular formula is C25H43Cl2N3. The summed E-state index contributed by atoms with van der Waals surface area (Å²) in [5.74, 6) is 1.39. The standard InChI is InChI=1S/C25H41N3.2ClH/c1-3-20(4-2)22(15-18-27-17-10-16-26)24-19-28(21-11-6-5-7-12-21)25-14-9-8-13-23(24)25;;/h8-9,13-14,19-22,27H,3-7,10-12,15-18,26H2,1-2H3;2*1H. The largest absolute Gasteiger partial charge is 0.344 e. The molecule has 0 spiro atoms. The van der Waals surface area contributed by atoms with E-state index in [9.17, 15) is 0 Å². The van der Waals surface area contributed by atoms with Gasteiger partial charge < -0.3 is 15.6 Å². The third-order valence-electron chi connectivity index (χ3n) is 6.95. The number of fused-ring (bicyclic) bond motifs is 1. The number of nitrogens with two attached hydrogens (primary N) is 1. The Kier molecular flexibility index (Phi) is 13.1. The summed E-state index contributed by atoms with van der Waals surface area (Å²) in [5.41, 5.74) is 8.69. The Hall–Kier alpha value is -0.740. The number of rotatable bonds is 11. The molecule has 1 atom stereocenters. The van der Waals surface area contributed by atoms with Crippen molar-refractivity contribution < 1.29 is 0 Å². The molecule has 1 aliphatic carbocycles. The van der Waals surface area contributed by atoms with Gasteiger partial charge in [0.05, 0.1) is 0 Å². The maximum atomic E-state index is 5.65. The number of benzene rings is 1. The number of aromatic nitrogens is 1. The fraction of sp³-hybridized carbons (Fsp3) is 0.680. The van der Waals surface area contributed by atoms with Crippen LogP contribution in [-0.2, 0) is 0 Å². The Bertz CT molecular complexity index is 705. The molecule has 0 amide bonds. The van der Waals surface area contributed by atoms with Gasteiger partial charge in [-0.15, -0.1) is 24.8 Å². The lowest BCUT2D eigenvalue weighted by molar-refractivity contribution is 0.354. The summed E-state index contributed by atoms with van der Waals surface area (Å²) >= 11 is 0. The molecule has 1 fully saturated rings. The quantitative estimate of drug-likeness (QED) is 0.364. The van der Waals surface area contributed by atoms with Crippen LogP contribution in [0.1, 0.15) is 89.2 Å². The van der Waals surface area contributed by atoms with E-state index >= 15 is 0 Å². The minimum absolute atomic E-state index is 0. The number of nitrogens with one attached hydrogen (secondary N) is 1. The van der Waals surface area contributed by atoms with E-state index in [0.717, 1.165) is 32.0 Å². The molecule has 1 aliphatic rings. The SMILES string of the molecule is CCC(CC)C(CCNCCCN)c1cn(C2CCCCC2)c2ccccc12.Cl.Cl. The van der Waals surface area contributed by atoms with Crippen LogP contribution in [-0.4, -0.2) is 24.2 Å². The number of hydrogen-bond donors (Lipinski definition) is 2. The summed E-state index contributed by atoms with van der Waals surface area (Å²) in [6.45, 7) is 7.63. The Labute approximate surface area is 196 Å². The van der Waals surface area contributed by atoms with Gasteiger partial charge in [0.1, 0.15) is 0 Å². The lowest BCUT2D eigenvalue weighted by Crippen LogP contribution is -2.23. The fourth-order valence-electron chi connectivity index (χ4n) is 5.30. The van der Waals surface area contributed by atoms with Gasteiger partial charge in [-0.3, -0.25) is 0 Å². The Morgan fingerprint density at radius 2 is 1.73 bits per heavy atom. The van der Waals surface area contributed by atoms with Gasteiger partial charge in [-0.1, -0.05) is 64.2 Å². The molecule has 30 heavy (non-hydrogen) atoms. The number of hydrogen-bond acceptors (Lipinski definition) is 2. The van der Waals surface area contributed by atoms with Crippen molar-refractivity contribution in [2.45, 2.75) is 83.6 Å². The second kappa shape index (κ2) is 14.3. The topological polar surface area (TPSA) is 43.0 Å². The molecule has 0 bridgehead atoms. The predicted molar refractivity (Wildman–Crippen MR) is 137 cm³/mol. The van der Waals surface area contributed by atoms with Crippen molar-refractivity contribution >= 4 is 35.7 Å². The molecule has 1 unspecified atom stereocenters. The summed E-state index contributed by atoms with van der Waals surface area (Å²) in [6, 6.07) is 9.84. The maximum Gasteiger partial charge on any atom is 0.0485 e. The van der Waals surface area contributed by atoms with Crippen LogP contribution in [0.15, 0.2) is 30.5 Å². The van der Waals surface area contributed by atoms with Crippen molar-refractivity contribution in [3.63, 3.8) is 0 Å². The van der Waals surface area contributed by atoms with E-state index in [1.807, 2.05) is 0 Å². The molecule has 1 aromatic heterocycles. The summed E-state index contributed by atoms with van der Waals surface area (Å²) in [5, 5.41) is 5.11. The highest BCUT2D eigenvalue weighted by Crippen LogP contribution is 2.40. The second-order valence-corrected chi connectivity index (χ2v) is 8.66. The molecule has 5 heteroatoms. The number of nitrogens with zero attached hydrogens (tertiary/aromatic N) is 1. The highest BCUT2D eigenvalue weighted by molar-refractivity contribution is 5.86. The van der Waals surface area contributed by atoms with Crippen LogP contribution in [0.5, 0.6) is 0 Å². The minimum atomic E-state index is 0. The Balaban J connectivity index is 0.00000225. The summed E-state index contributed by atoms with van der Waals surface area (Å²) in [6.07, 6.45) is 14.2. The van der Waals surface area contributed by atoms with Crippen molar-refractivity contribution in [3.8, 4) is 0 Å². The third kappa shape index (κ3) is 6.63. The van der Waals surface area contributed by atoms with E-state index in [-0.39, 0.29) is 24.8 Å². The highest BCUT2D eigenvalue weighted by Gasteiger charge is 2.26. The van der Waals surface area contributed by atoms with Crippen molar-refractivity contribution in [2.75, 3.05) is 19.6 Å². The van der Waals surface area contributed by atoms with Gasteiger partial charge in [0, 0.05) is 23.1 Å². The van der Waals surface area contributed by atoms with E-state index in [1.165, 1.54) is 62.3 Å². The van der Waals surface area contributed by atoms with E-state index < -0.39 is 0 Å². The van der Waals surface area contributed by atoms with Crippen LogP contribution in [0.3, 0.4) is 0 Å². The van der Waals surface area contributed by atoms with E-state index in [1.54, 1.807) is 5.56 Å². The maximum absolute atomic E-state index is 5.65. The zero-order valence-electron chi connectivity index (χ0n) is 18.9. The van der Waals surface area contributed by atoms with Gasteiger partial charge in [-0.2, -0.15) is 0 Å². The highest BCUT2D eigenvalue weighted by atomic mass is 35.5. The van der Waals surface area contributed by atoms with Crippen LogP contribution in [0.2, 0.25) is 0 Å². The van der Waals surface area contributed by atoms with Crippen LogP contribution < -0.4 is 11.1 Å². The van der Waals surface area contributed by atoms with Crippen LogP contribution in [0, 0.1) is 5.92 Å². The molecule has 3 N–H and O–H groups in total. The lowest BCUT2D eigenvalue weighted by Gasteiger charge is -2.26. The molecule has 0 radical (unpaired) electrons. The van der Waals surface area contributed by atoms with Gasteiger partial charge in [0.25, 0.3) is 0 Å². The van der Waals surface area contributed by atoms with Crippen molar-refractivity contribution in [2.24, 2.45) is 11.7 Å². The zero-order valence-corrected chi connectivity index (χ0v) is 20.6. The van der Waals surface area contributed by atoms with Crippen molar-refractivity contribution in [1.82, 2.24) is 9.88 Å². The average Bonchev–Trinajstić information content (AvgIpc) is 3.13. The Morgan fingerprint density at radius 3 is 2.40 bits per heavy atom. The molecule has 2 aromatic rings. The summed E-state index contributed by atoms with van der Waals surface area (Å²) < 4.78 is 2.64. The number of para-hydroxylation sites is 1. The predicted octanol–water partition coefficient (Wildman–Crippen LogP) is 6.84. The first-order valence-electron chi connectivity index (χ1n) is 11.8. The van der Waals surface area contributed by atoms with Gasteiger partial charge in [0.15, 0.2) is 0 Å². The molecule has 3 rings (SSSR count). The van der Waals surface area contributed by atoms with Gasteiger partial charge in [-0.25, -0.2) is 0 Å². The van der Waals surface area contributed by atoms with Crippen LogP contribution in [0.25, 0.3) is 10.9 Å². The molecule has 0 saturated heterocycles. The summed E-state index contributed by atoms with van der Waals surface area (Å²) in [4.78, 5) is 0. The zero-order chi connectivity index (χ0) is 19.8. The summed E-state index contributed by atoms with van der Waals surface area (Å²) in [7, 11) is 0. The third-order valence-corrected chi connectivity index (χ3v) is 6.95. The number of halogens is 2. The molecule has 172 valence electrons. The van der Waals surface area contributed by atoms with Crippen molar-refractivity contribution in [1.29, 1.82) is 0 Å². The van der Waals surface area contributed by atoms with Crippen LogP contribution >= 0.6 is 24.8 Å². The molecule has 1 heterocycles.